The van der Waals surface area contributed by atoms with Crippen molar-refractivity contribution in [3.05, 3.63) is 88.2 Å². The fourth-order valence-electron chi connectivity index (χ4n) is 2.74. The van der Waals surface area contributed by atoms with Crippen LogP contribution in [0.15, 0.2) is 65.5 Å². The van der Waals surface area contributed by atoms with Gasteiger partial charge in [-0.1, -0.05) is 12.1 Å². The second-order valence-electron chi connectivity index (χ2n) is 6.38. The molecule has 0 aliphatic carbocycles. The first-order valence-electron chi connectivity index (χ1n) is 8.81. The summed E-state index contributed by atoms with van der Waals surface area (Å²) >= 11 is 0. The van der Waals surface area contributed by atoms with Crippen LogP contribution in [-0.4, -0.2) is 15.7 Å². The molecular formula is C21H19F2N3O2. The summed E-state index contributed by atoms with van der Waals surface area (Å²) in [4.78, 5) is 24.2. The van der Waals surface area contributed by atoms with Gasteiger partial charge in [-0.15, -0.1) is 0 Å². The van der Waals surface area contributed by atoms with E-state index in [2.05, 4.69) is 10.4 Å². The summed E-state index contributed by atoms with van der Waals surface area (Å²) in [5, 5.41) is 7.06. The molecule has 1 atom stereocenters. The predicted octanol–water partition coefficient (Wildman–Crippen LogP) is 3.46. The van der Waals surface area contributed by atoms with E-state index in [9.17, 15) is 18.4 Å². The molecule has 1 N–H and O–H groups in total. The van der Waals surface area contributed by atoms with Crippen molar-refractivity contribution in [2.24, 2.45) is 0 Å². The minimum absolute atomic E-state index is 0.0608. The maximum Gasteiger partial charge on any atom is 0.266 e. The average Bonchev–Trinajstić information content (AvgIpc) is 2.68. The molecule has 1 aromatic heterocycles. The Morgan fingerprint density at radius 3 is 2.25 bits per heavy atom. The van der Waals surface area contributed by atoms with Crippen LogP contribution in [0, 0.1) is 11.6 Å². The van der Waals surface area contributed by atoms with Crippen molar-refractivity contribution in [2.75, 3.05) is 0 Å². The second kappa shape index (κ2) is 8.56. The Morgan fingerprint density at radius 2 is 1.61 bits per heavy atom. The summed E-state index contributed by atoms with van der Waals surface area (Å²) in [6.45, 7) is 1.90. The van der Waals surface area contributed by atoms with Gasteiger partial charge in [0.1, 0.15) is 11.6 Å². The van der Waals surface area contributed by atoms with Crippen molar-refractivity contribution in [1.82, 2.24) is 15.1 Å². The van der Waals surface area contributed by atoms with Crippen molar-refractivity contribution in [3.8, 4) is 11.3 Å². The standard InChI is InChI=1S/C21H19F2N3O2/c1-14(15-2-6-17(22)7-3-15)24-20(27)12-13-26-21(28)11-10-19(25-26)16-4-8-18(23)9-5-16/h2-11,14H,12-13H2,1H3,(H,24,27)/t14-/m0/s1. The third-order valence-corrected chi connectivity index (χ3v) is 4.30. The summed E-state index contributed by atoms with van der Waals surface area (Å²) in [7, 11) is 0. The smallest absolute Gasteiger partial charge is 0.266 e. The monoisotopic (exact) mass is 383 g/mol. The van der Waals surface area contributed by atoms with Gasteiger partial charge in [0.25, 0.3) is 5.56 Å². The molecule has 1 heterocycles. The summed E-state index contributed by atoms with van der Waals surface area (Å²) in [5.74, 6) is -0.949. The summed E-state index contributed by atoms with van der Waals surface area (Å²) in [5.41, 5.74) is 1.64. The third kappa shape index (κ3) is 4.88. The molecule has 3 rings (SSSR count). The highest BCUT2D eigenvalue weighted by Crippen LogP contribution is 2.16. The minimum atomic E-state index is -0.357. The Morgan fingerprint density at radius 1 is 1.00 bits per heavy atom. The average molecular weight is 383 g/mol. The highest BCUT2D eigenvalue weighted by atomic mass is 19.1. The van der Waals surface area contributed by atoms with Crippen LogP contribution in [0.5, 0.6) is 0 Å². The van der Waals surface area contributed by atoms with E-state index in [1.54, 1.807) is 37.3 Å². The molecule has 5 nitrogen and oxygen atoms in total. The molecule has 1 amide bonds. The van der Waals surface area contributed by atoms with Gasteiger partial charge in [-0.2, -0.15) is 5.10 Å². The number of rotatable bonds is 6. The normalized spacial score (nSPS) is 11.8. The number of hydrogen-bond donors (Lipinski definition) is 1. The molecule has 3 aromatic rings. The van der Waals surface area contributed by atoms with Crippen LogP contribution < -0.4 is 10.9 Å². The topological polar surface area (TPSA) is 64.0 Å². The predicted molar refractivity (Wildman–Crippen MR) is 101 cm³/mol. The third-order valence-electron chi connectivity index (χ3n) is 4.30. The van der Waals surface area contributed by atoms with Gasteiger partial charge >= 0.3 is 0 Å². The number of benzene rings is 2. The first-order valence-corrected chi connectivity index (χ1v) is 8.81. The molecule has 7 heteroatoms. The molecule has 0 aliphatic rings. The van der Waals surface area contributed by atoms with Gasteiger partial charge in [-0.3, -0.25) is 9.59 Å². The van der Waals surface area contributed by atoms with Gasteiger partial charge in [0.05, 0.1) is 18.3 Å². The number of carbonyl (C=O) groups is 1. The number of halogens is 2. The molecule has 0 saturated heterocycles. The molecule has 0 spiro atoms. The SMILES string of the molecule is C[C@H](NC(=O)CCn1nc(-c2ccc(F)cc2)ccc1=O)c1ccc(F)cc1. The van der Waals surface area contributed by atoms with Crippen LogP contribution in [0.4, 0.5) is 8.78 Å². The molecule has 0 fully saturated rings. The van der Waals surface area contributed by atoms with Gasteiger partial charge in [0, 0.05) is 18.1 Å². The Balaban J connectivity index is 1.64. The molecule has 2 aromatic carbocycles. The Hall–Kier alpha value is -3.35. The lowest BCUT2D eigenvalue weighted by molar-refractivity contribution is -0.122. The van der Waals surface area contributed by atoms with Crippen molar-refractivity contribution in [2.45, 2.75) is 25.9 Å². The number of nitrogens with one attached hydrogen (secondary N) is 1. The largest absolute Gasteiger partial charge is 0.350 e. The zero-order chi connectivity index (χ0) is 20.1. The van der Waals surface area contributed by atoms with E-state index in [1.165, 1.54) is 35.0 Å². The zero-order valence-corrected chi connectivity index (χ0v) is 15.2. The van der Waals surface area contributed by atoms with E-state index >= 15 is 0 Å². The minimum Gasteiger partial charge on any atom is -0.350 e. The van der Waals surface area contributed by atoms with Crippen LogP contribution in [0.1, 0.15) is 24.9 Å². The first-order chi connectivity index (χ1) is 13.4. The van der Waals surface area contributed by atoms with Gasteiger partial charge in [0.2, 0.25) is 5.91 Å². The maximum atomic E-state index is 13.1. The van der Waals surface area contributed by atoms with Crippen molar-refractivity contribution < 1.29 is 13.6 Å². The lowest BCUT2D eigenvalue weighted by atomic mass is 10.1. The highest BCUT2D eigenvalue weighted by molar-refractivity contribution is 5.76. The van der Waals surface area contributed by atoms with E-state index in [-0.39, 0.29) is 42.1 Å². The van der Waals surface area contributed by atoms with Crippen LogP contribution in [0.3, 0.4) is 0 Å². The molecule has 144 valence electrons. The Bertz CT molecular complexity index is 1020. The summed E-state index contributed by atoms with van der Waals surface area (Å²) < 4.78 is 27.3. The Kier molecular flexibility index (Phi) is 5.93. The number of amides is 1. The van der Waals surface area contributed by atoms with E-state index in [1.807, 2.05) is 0 Å². The number of aromatic nitrogens is 2. The van der Waals surface area contributed by atoms with E-state index in [4.69, 9.17) is 0 Å². The molecule has 0 radical (unpaired) electrons. The van der Waals surface area contributed by atoms with Crippen LogP contribution >= 0.6 is 0 Å². The first kappa shape index (κ1) is 19.4. The fraction of sp³-hybridized carbons (Fsp3) is 0.190. The van der Waals surface area contributed by atoms with E-state index in [0.717, 1.165) is 5.56 Å². The van der Waals surface area contributed by atoms with Gasteiger partial charge in [-0.05, 0) is 55.0 Å². The fourth-order valence-corrected chi connectivity index (χ4v) is 2.74. The molecule has 0 saturated carbocycles. The number of aryl methyl sites for hydroxylation is 1. The van der Waals surface area contributed by atoms with Crippen LogP contribution in [0.2, 0.25) is 0 Å². The van der Waals surface area contributed by atoms with Crippen molar-refractivity contribution in [1.29, 1.82) is 0 Å². The van der Waals surface area contributed by atoms with Gasteiger partial charge in [-0.25, -0.2) is 13.5 Å². The van der Waals surface area contributed by atoms with E-state index < -0.39 is 0 Å². The lowest BCUT2D eigenvalue weighted by Gasteiger charge is -2.14. The highest BCUT2D eigenvalue weighted by Gasteiger charge is 2.11. The summed E-state index contributed by atoms with van der Waals surface area (Å²) in [6, 6.07) is 14.3. The number of hydrogen-bond acceptors (Lipinski definition) is 3. The van der Waals surface area contributed by atoms with Gasteiger partial charge < -0.3 is 5.32 Å². The molecule has 28 heavy (non-hydrogen) atoms. The van der Waals surface area contributed by atoms with Crippen LogP contribution in [-0.2, 0) is 11.3 Å². The maximum absolute atomic E-state index is 13.1. The van der Waals surface area contributed by atoms with Crippen molar-refractivity contribution >= 4 is 5.91 Å². The summed E-state index contributed by atoms with van der Waals surface area (Å²) in [6.07, 6.45) is 0.0608. The van der Waals surface area contributed by atoms with Gasteiger partial charge in [0.15, 0.2) is 0 Å². The lowest BCUT2D eigenvalue weighted by Crippen LogP contribution is -2.30. The number of nitrogens with zero attached hydrogens (tertiary/aromatic N) is 2. The molecule has 0 bridgehead atoms. The zero-order valence-electron chi connectivity index (χ0n) is 15.2. The second-order valence-corrected chi connectivity index (χ2v) is 6.38. The quantitative estimate of drug-likeness (QED) is 0.709. The van der Waals surface area contributed by atoms with Crippen LogP contribution in [0.25, 0.3) is 11.3 Å². The van der Waals surface area contributed by atoms with E-state index in [0.29, 0.717) is 11.3 Å². The molecule has 0 aliphatic heterocycles. The molecule has 0 unspecified atom stereocenters. The van der Waals surface area contributed by atoms with Crippen molar-refractivity contribution in [3.63, 3.8) is 0 Å². The number of carbonyl (C=O) groups excluding carboxylic acids is 1. The molecular weight excluding hydrogens is 364 g/mol. The Labute approximate surface area is 160 Å².